The maximum absolute atomic E-state index is 12.5. The number of benzene rings is 1. The lowest BCUT2D eigenvalue weighted by Crippen LogP contribution is -2.34. The van der Waals surface area contributed by atoms with Gasteiger partial charge in [0.25, 0.3) is 11.5 Å². The minimum atomic E-state index is -0.661. The lowest BCUT2D eigenvalue weighted by molar-refractivity contribution is -0.0434. The smallest absolute Gasteiger partial charge is 0.330 e. The van der Waals surface area contributed by atoms with Crippen LogP contribution < -0.4 is 22.5 Å². The maximum atomic E-state index is 12.5. The normalized spacial score (nSPS) is 18.1. The van der Waals surface area contributed by atoms with E-state index in [1.165, 1.54) is 35.0 Å². The largest absolute Gasteiger partial charge is 0.400 e. The van der Waals surface area contributed by atoms with E-state index in [2.05, 4.69) is 27.0 Å². The van der Waals surface area contributed by atoms with E-state index in [9.17, 15) is 24.0 Å². The number of carbonyl (C=O) groups excluding carboxylic acids is 3. The van der Waals surface area contributed by atoms with E-state index < -0.39 is 23.4 Å². The predicted octanol–water partition coefficient (Wildman–Crippen LogP) is -0.180. The van der Waals surface area contributed by atoms with Crippen molar-refractivity contribution in [2.75, 3.05) is 20.3 Å². The Morgan fingerprint density at radius 3 is 2.73 bits per heavy atom. The van der Waals surface area contributed by atoms with Crippen molar-refractivity contribution >= 4 is 17.5 Å². The van der Waals surface area contributed by atoms with Crippen molar-refractivity contribution in [1.29, 1.82) is 0 Å². The number of aliphatic hydroxyl groups excluding tert-OH is 1. The predicted molar refractivity (Wildman–Crippen MR) is 131 cm³/mol. The number of Topliss-reactive ketones (excluding diaryl/α,β-unsaturated/α-hetero) is 1. The van der Waals surface area contributed by atoms with Crippen LogP contribution in [0.4, 0.5) is 0 Å². The Labute approximate surface area is 211 Å². The summed E-state index contributed by atoms with van der Waals surface area (Å²) >= 11 is 0. The summed E-state index contributed by atoms with van der Waals surface area (Å²) in [5.74, 6) is 9.28. The lowest BCUT2D eigenvalue weighted by atomic mass is 9.89. The zero-order valence-corrected chi connectivity index (χ0v) is 20.2. The number of ether oxygens (including phenoxy) is 1. The number of allylic oxidation sites excluding steroid dienone is 2. The van der Waals surface area contributed by atoms with Gasteiger partial charge in [-0.25, -0.2) is 10.7 Å². The number of hydrogen-bond acceptors (Lipinski definition) is 9. The van der Waals surface area contributed by atoms with Gasteiger partial charge in [-0.05, 0) is 44.0 Å². The summed E-state index contributed by atoms with van der Waals surface area (Å²) in [5, 5.41) is 9.58. The first-order valence-corrected chi connectivity index (χ1v) is 11.2. The molecule has 194 valence electrons. The number of nitrogens with two attached hydrogens (primary N) is 1. The zero-order chi connectivity index (χ0) is 27.1. The molecule has 12 nitrogen and oxygen atoms in total. The van der Waals surface area contributed by atoms with Crippen molar-refractivity contribution in [2.24, 2.45) is 5.90 Å². The molecule has 1 amide bonds. The van der Waals surface area contributed by atoms with Crippen LogP contribution in [-0.2, 0) is 9.57 Å². The highest BCUT2D eigenvalue weighted by molar-refractivity contribution is 6.24. The second kappa shape index (κ2) is 12.2. The number of nitrogens with one attached hydrogen (secondary N) is 2. The molecular weight excluding hydrogens is 484 g/mol. The molecule has 1 aromatic heterocycles. The molecule has 1 aliphatic heterocycles. The summed E-state index contributed by atoms with van der Waals surface area (Å²) in [6.45, 7) is 1.65. The molecule has 1 aliphatic carbocycles. The fourth-order valence-electron chi connectivity index (χ4n) is 3.92. The first kappa shape index (κ1) is 27.4. The highest BCUT2D eigenvalue weighted by Crippen LogP contribution is 2.27. The molecule has 0 bridgehead atoms. The van der Waals surface area contributed by atoms with Crippen molar-refractivity contribution in [3.8, 4) is 11.8 Å². The monoisotopic (exact) mass is 510 g/mol. The number of aromatic nitrogens is 2. The van der Waals surface area contributed by atoms with Crippen molar-refractivity contribution in [2.45, 2.75) is 32.1 Å². The van der Waals surface area contributed by atoms with Gasteiger partial charge in [-0.1, -0.05) is 11.8 Å². The molecule has 2 aliphatic rings. The molecule has 4 rings (SSSR count). The van der Waals surface area contributed by atoms with Gasteiger partial charge in [0, 0.05) is 35.6 Å². The Kier molecular flexibility index (Phi) is 9.05. The molecule has 2 heterocycles. The van der Waals surface area contributed by atoms with Crippen LogP contribution >= 0.6 is 0 Å². The number of carbonyl (C=O) groups is 3. The topological polar surface area (TPSA) is 183 Å². The van der Waals surface area contributed by atoms with Crippen LogP contribution in [0.15, 0.2) is 45.6 Å². The Bertz CT molecular complexity index is 1430. The van der Waals surface area contributed by atoms with Gasteiger partial charge in [-0.15, -0.1) is 0 Å². The van der Waals surface area contributed by atoms with Crippen LogP contribution in [0, 0.1) is 11.8 Å². The van der Waals surface area contributed by atoms with E-state index in [1.807, 2.05) is 0 Å². The summed E-state index contributed by atoms with van der Waals surface area (Å²) in [4.78, 5) is 68.0. The minimum Gasteiger partial charge on any atom is -0.400 e. The van der Waals surface area contributed by atoms with Gasteiger partial charge in [-0.3, -0.25) is 28.7 Å². The molecule has 1 saturated heterocycles. The van der Waals surface area contributed by atoms with E-state index in [1.54, 1.807) is 6.92 Å². The first-order valence-electron chi connectivity index (χ1n) is 11.2. The average molecular weight is 511 g/mol. The third-order valence-corrected chi connectivity index (χ3v) is 5.70. The molecule has 2 aromatic rings. The van der Waals surface area contributed by atoms with Crippen LogP contribution in [-0.4, -0.2) is 58.5 Å². The number of nitrogens with zero attached hydrogens (tertiary/aromatic N) is 1. The van der Waals surface area contributed by atoms with Crippen molar-refractivity contribution in [3.05, 3.63) is 79.1 Å². The quantitative estimate of drug-likeness (QED) is 0.313. The minimum absolute atomic E-state index is 0.0287. The van der Waals surface area contributed by atoms with Crippen molar-refractivity contribution < 1.29 is 29.1 Å². The molecule has 1 fully saturated rings. The molecule has 5 N–H and O–H groups in total. The standard InChI is InChI=1S/C24H22N4O7.CH4O/c1-13-9-19(29)18-10-14(4-6-17(18)21(13)30)22(31)26-8-2-3-15-11-28(24(33)27-23(15)32)20-7-5-16(35-20)12-34-25;1-2/h4,6,9-11,16,20H,5,7-8,12,25H2,1H3,(H,26,31)(H,27,32,33);2H,1H3. The zero-order valence-electron chi connectivity index (χ0n) is 20.2. The van der Waals surface area contributed by atoms with Gasteiger partial charge >= 0.3 is 5.69 Å². The van der Waals surface area contributed by atoms with Crippen LogP contribution in [0.2, 0.25) is 0 Å². The lowest BCUT2D eigenvalue weighted by Gasteiger charge is -2.15. The van der Waals surface area contributed by atoms with E-state index >= 15 is 0 Å². The SMILES string of the molecule is CC1=CC(=O)c2cc(C(=O)NCC#Cc3cn(C4CCC(CON)O4)c(=O)[nH]c3=O)ccc2C1=O.CO. The summed E-state index contributed by atoms with van der Waals surface area (Å²) < 4.78 is 6.96. The van der Waals surface area contributed by atoms with Gasteiger partial charge in [0.05, 0.1) is 19.3 Å². The van der Waals surface area contributed by atoms with Gasteiger partial charge in [-0.2, -0.15) is 0 Å². The molecule has 37 heavy (non-hydrogen) atoms. The second-order valence-electron chi connectivity index (χ2n) is 8.10. The Morgan fingerprint density at radius 1 is 1.24 bits per heavy atom. The molecule has 0 radical (unpaired) electrons. The van der Waals surface area contributed by atoms with E-state index in [-0.39, 0.29) is 53.1 Å². The molecule has 1 aromatic carbocycles. The van der Waals surface area contributed by atoms with Crippen LogP contribution in [0.1, 0.15) is 62.6 Å². The third-order valence-electron chi connectivity index (χ3n) is 5.70. The Hall–Kier alpha value is -4.15. The van der Waals surface area contributed by atoms with Crippen LogP contribution in [0.5, 0.6) is 0 Å². The molecule has 2 unspecified atom stereocenters. The second-order valence-corrected chi connectivity index (χ2v) is 8.10. The number of rotatable bonds is 5. The number of amides is 1. The van der Waals surface area contributed by atoms with E-state index in [0.29, 0.717) is 18.4 Å². The van der Waals surface area contributed by atoms with Crippen LogP contribution in [0.25, 0.3) is 0 Å². The number of aromatic amines is 1. The molecular formula is C25H26N4O8. The highest BCUT2D eigenvalue weighted by atomic mass is 16.6. The Morgan fingerprint density at radius 2 is 2.00 bits per heavy atom. The first-order chi connectivity index (χ1) is 17.8. The van der Waals surface area contributed by atoms with Gasteiger partial charge in [0.15, 0.2) is 11.6 Å². The number of H-pyrrole nitrogens is 1. The maximum Gasteiger partial charge on any atom is 0.330 e. The number of ketones is 2. The summed E-state index contributed by atoms with van der Waals surface area (Å²) in [6, 6.07) is 4.27. The summed E-state index contributed by atoms with van der Waals surface area (Å²) in [7, 11) is 1.00. The molecule has 0 spiro atoms. The van der Waals surface area contributed by atoms with E-state index in [0.717, 1.165) is 7.11 Å². The van der Waals surface area contributed by atoms with E-state index in [4.69, 9.17) is 15.7 Å². The number of hydrogen-bond donors (Lipinski definition) is 4. The molecule has 2 atom stereocenters. The van der Waals surface area contributed by atoms with Crippen LogP contribution in [0.3, 0.4) is 0 Å². The fraction of sp³-hybridized carbons (Fsp3) is 0.320. The number of fused-ring (bicyclic) bond motifs is 1. The molecule has 0 saturated carbocycles. The van der Waals surface area contributed by atoms with Gasteiger partial charge < -0.3 is 20.0 Å². The van der Waals surface area contributed by atoms with Crippen molar-refractivity contribution in [3.63, 3.8) is 0 Å². The summed E-state index contributed by atoms with van der Waals surface area (Å²) in [6.07, 6.45) is 2.89. The van der Waals surface area contributed by atoms with Gasteiger partial charge in [0.1, 0.15) is 11.8 Å². The fourth-order valence-corrected chi connectivity index (χ4v) is 3.92. The third kappa shape index (κ3) is 6.16. The van der Waals surface area contributed by atoms with Gasteiger partial charge in [0.2, 0.25) is 0 Å². The van der Waals surface area contributed by atoms with Crippen molar-refractivity contribution in [1.82, 2.24) is 14.9 Å². The summed E-state index contributed by atoms with van der Waals surface area (Å²) in [5.41, 5.74) is -0.289. The Balaban J connectivity index is 0.00000186. The average Bonchev–Trinajstić information content (AvgIpc) is 3.35. The number of aliphatic hydroxyl groups is 1. The highest BCUT2D eigenvalue weighted by Gasteiger charge is 2.28. The molecule has 12 heteroatoms.